The zero-order valence-electron chi connectivity index (χ0n) is 15.4. The van der Waals surface area contributed by atoms with Crippen LogP contribution in [0.3, 0.4) is 0 Å². The van der Waals surface area contributed by atoms with Crippen LogP contribution in [0.5, 0.6) is 0 Å². The van der Waals surface area contributed by atoms with E-state index in [2.05, 4.69) is 30.1 Å². The molecule has 0 atom stereocenters. The highest BCUT2D eigenvalue weighted by Crippen LogP contribution is 2.05. The fraction of sp³-hybridized carbons (Fsp3) is 0.842. The third-order valence-electron chi connectivity index (χ3n) is 4.01. The second kappa shape index (κ2) is 17.5. The van der Waals surface area contributed by atoms with Crippen molar-refractivity contribution in [2.45, 2.75) is 71.6 Å². The van der Waals surface area contributed by atoms with Crippen LogP contribution in [0.25, 0.3) is 0 Å². The first-order chi connectivity index (χ1) is 11.2. The number of nitrogens with one attached hydrogen (secondary N) is 1. The number of hydrogen-bond donors (Lipinski definition) is 2. The van der Waals surface area contributed by atoms with Gasteiger partial charge in [0.05, 0.1) is 0 Å². The molecule has 1 amide bonds. The van der Waals surface area contributed by atoms with Gasteiger partial charge in [-0.25, -0.2) is 0 Å². The summed E-state index contributed by atoms with van der Waals surface area (Å²) in [6, 6.07) is 0. The molecule has 0 spiro atoms. The summed E-state index contributed by atoms with van der Waals surface area (Å²) < 4.78 is 0. The van der Waals surface area contributed by atoms with Crippen LogP contribution in [-0.4, -0.2) is 48.7 Å². The number of rotatable bonds is 16. The molecule has 0 fully saturated rings. The quantitative estimate of drug-likeness (QED) is 0.337. The number of aliphatic hydroxyl groups excluding tert-OH is 1. The van der Waals surface area contributed by atoms with Gasteiger partial charge in [-0.15, -0.1) is 0 Å². The summed E-state index contributed by atoms with van der Waals surface area (Å²) in [7, 11) is 0. The lowest BCUT2D eigenvalue weighted by Gasteiger charge is -2.20. The maximum absolute atomic E-state index is 11.7. The fourth-order valence-electron chi connectivity index (χ4n) is 2.48. The predicted octanol–water partition coefficient (Wildman–Crippen LogP) is 3.50. The van der Waals surface area contributed by atoms with Crippen LogP contribution in [0.2, 0.25) is 0 Å². The van der Waals surface area contributed by atoms with E-state index in [4.69, 9.17) is 5.11 Å². The lowest BCUT2D eigenvalue weighted by Crippen LogP contribution is -2.35. The number of amides is 1. The zero-order valence-corrected chi connectivity index (χ0v) is 15.4. The zero-order chi connectivity index (χ0) is 17.2. The van der Waals surface area contributed by atoms with Crippen LogP contribution in [-0.2, 0) is 4.79 Å². The van der Waals surface area contributed by atoms with E-state index in [1.807, 2.05) is 6.08 Å². The second-order valence-corrected chi connectivity index (χ2v) is 6.09. The Balaban J connectivity index is 3.55. The van der Waals surface area contributed by atoms with Gasteiger partial charge in [-0.2, -0.15) is 0 Å². The van der Waals surface area contributed by atoms with Crippen molar-refractivity contribution < 1.29 is 9.90 Å². The third kappa shape index (κ3) is 15.8. The Morgan fingerprint density at radius 2 is 1.70 bits per heavy atom. The molecule has 0 heterocycles. The number of likely N-dealkylation sites (N-methyl/N-ethyl adjacent to an activating group) is 1. The average molecular weight is 327 g/mol. The molecule has 0 aromatic carbocycles. The van der Waals surface area contributed by atoms with Crippen LogP contribution < -0.4 is 5.32 Å². The van der Waals surface area contributed by atoms with E-state index in [0.29, 0.717) is 13.0 Å². The number of allylic oxidation sites excluding steroid dienone is 1. The van der Waals surface area contributed by atoms with Crippen molar-refractivity contribution in [1.82, 2.24) is 10.2 Å². The molecule has 0 bridgehead atoms. The van der Waals surface area contributed by atoms with Crippen LogP contribution in [0.1, 0.15) is 71.6 Å². The number of carbonyl (C=O) groups is 1. The van der Waals surface area contributed by atoms with Crippen LogP contribution in [0.4, 0.5) is 0 Å². The summed E-state index contributed by atoms with van der Waals surface area (Å²) in [6.07, 6.45) is 13.8. The van der Waals surface area contributed by atoms with Crippen molar-refractivity contribution in [2.75, 3.05) is 32.8 Å². The molecule has 0 aromatic rings. The van der Waals surface area contributed by atoms with E-state index in [1.54, 1.807) is 0 Å². The molecule has 0 aliphatic heterocycles. The van der Waals surface area contributed by atoms with E-state index >= 15 is 0 Å². The minimum Gasteiger partial charge on any atom is -0.396 e. The number of hydrogen-bond acceptors (Lipinski definition) is 3. The van der Waals surface area contributed by atoms with Gasteiger partial charge in [-0.3, -0.25) is 4.79 Å². The highest BCUT2D eigenvalue weighted by molar-refractivity contribution is 5.77. The summed E-state index contributed by atoms with van der Waals surface area (Å²) in [5.74, 6) is 0.122. The molecule has 0 aliphatic carbocycles. The molecule has 4 heteroatoms. The average Bonchev–Trinajstić information content (AvgIpc) is 2.56. The van der Waals surface area contributed by atoms with E-state index in [-0.39, 0.29) is 5.91 Å². The molecule has 2 N–H and O–H groups in total. The third-order valence-corrected chi connectivity index (χ3v) is 4.01. The molecular formula is C19H38N2O2. The summed E-state index contributed by atoms with van der Waals surface area (Å²) in [6.45, 7) is 8.47. The van der Waals surface area contributed by atoms with Gasteiger partial charge in [-0.1, -0.05) is 58.1 Å². The van der Waals surface area contributed by atoms with Gasteiger partial charge >= 0.3 is 0 Å². The summed E-state index contributed by atoms with van der Waals surface area (Å²) >= 11 is 0. The molecule has 0 rings (SSSR count). The number of aliphatic hydroxyl groups is 1. The maximum atomic E-state index is 11.7. The maximum Gasteiger partial charge on any atom is 0.223 e. The van der Waals surface area contributed by atoms with Gasteiger partial charge < -0.3 is 15.3 Å². The first-order valence-corrected chi connectivity index (χ1v) is 9.49. The van der Waals surface area contributed by atoms with Crippen molar-refractivity contribution in [3.63, 3.8) is 0 Å². The van der Waals surface area contributed by atoms with Crippen molar-refractivity contribution in [1.29, 1.82) is 0 Å². The predicted molar refractivity (Wildman–Crippen MR) is 98.6 cm³/mol. The first kappa shape index (κ1) is 22.1. The minimum absolute atomic E-state index is 0.122. The minimum atomic E-state index is 0.122. The SMILES string of the molecule is CCC/C=C/CC(=O)NCCN(CC)CCCCCCCCO. The van der Waals surface area contributed by atoms with Crippen LogP contribution in [0, 0.1) is 0 Å². The number of nitrogens with zero attached hydrogens (tertiary/aromatic N) is 1. The van der Waals surface area contributed by atoms with E-state index in [0.717, 1.165) is 51.9 Å². The molecule has 0 aliphatic rings. The lowest BCUT2D eigenvalue weighted by atomic mass is 10.1. The highest BCUT2D eigenvalue weighted by atomic mass is 16.2. The molecule has 0 aromatic heterocycles. The molecular weight excluding hydrogens is 288 g/mol. The lowest BCUT2D eigenvalue weighted by molar-refractivity contribution is -0.120. The van der Waals surface area contributed by atoms with Gasteiger partial charge in [0.1, 0.15) is 0 Å². The molecule has 4 nitrogen and oxygen atoms in total. The molecule has 0 unspecified atom stereocenters. The smallest absolute Gasteiger partial charge is 0.223 e. The Bertz CT molecular complexity index is 293. The van der Waals surface area contributed by atoms with Gasteiger partial charge in [-0.05, 0) is 32.4 Å². The van der Waals surface area contributed by atoms with E-state index in [9.17, 15) is 4.79 Å². The summed E-state index contributed by atoms with van der Waals surface area (Å²) in [5, 5.41) is 11.7. The highest BCUT2D eigenvalue weighted by Gasteiger charge is 2.03. The largest absolute Gasteiger partial charge is 0.396 e. The Kier molecular flexibility index (Phi) is 16.8. The molecule has 23 heavy (non-hydrogen) atoms. The summed E-state index contributed by atoms with van der Waals surface area (Å²) in [4.78, 5) is 14.1. The molecule has 0 saturated carbocycles. The first-order valence-electron chi connectivity index (χ1n) is 9.49. The Hall–Kier alpha value is -0.870. The van der Waals surface area contributed by atoms with Crippen molar-refractivity contribution in [3.8, 4) is 0 Å². The number of unbranched alkanes of at least 4 members (excludes halogenated alkanes) is 6. The van der Waals surface area contributed by atoms with E-state index in [1.165, 1.54) is 25.7 Å². The standard InChI is InChI=1S/C19H38N2O2/c1-3-5-6-11-14-19(23)20-15-17-21(4-2)16-12-9-7-8-10-13-18-22/h6,11,22H,3-5,7-10,12-18H2,1-2H3,(H,20,23)/b11-6+. The van der Waals surface area contributed by atoms with Crippen molar-refractivity contribution in [3.05, 3.63) is 12.2 Å². The van der Waals surface area contributed by atoms with Crippen LogP contribution in [0.15, 0.2) is 12.2 Å². The normalized spacial score (nSPS) is 11.5. The van der Waals surface area contributed by atoms with E-state index < -0.39 is 0 Å². The van der Waals surface area contributed by atoms with Gasteiger partial charge in [0.25, 0.3) is 0 Å². The van der Waals surface area contributed by atoms with Gasteiger partial charge in [0.2, 0.25) is 5.91 Å². The van der Waals surface area contributed by atoms with Crippen LogP contribution >= 0.6 is 0 Å². The Labute approximate surface area is 143 Å². The monoisotopic (exact) mass is 326 g/mol. The topological polar surface area (TPSA) is 52.6 Å². The van der Waals surface area contributed by atoms with Gasteiger partial charge in [0.15, 0.2) is 0 Å². The number of carbonyl (C=O) groups excluding carboxylic acids is 1. The van der Waals surface area contributed by atoms with Gasteiger partial charge in [0, 0.05) is 26.1 Å². The molecule has 0 radical (unpaired) electrons. The molecule has 136 valence electrons. The fourth-order valence-corrected chi connectivity index (χ4v) is 2.48. The Morgan fingerprint density at radius 1 is 1.00 bits per heavy atom. The molecule has 0 saturated heterocycles. The second-order valence-electron chi connectivity index (χ2n) is 6.09. The Morgan fingerprint density at radius 3 is 2.35 bits per heavy atom. The van der Waals surface area contributed by atoms with Crippen molar-refractivity contribution >= 4 is 5.91 Å². The van der Waals surface area contributed by atoms with Crippen molar-refractivity contribution in [2.24, 2.45) is 0 Å². The summed E-state index contributed by atoms with van der Waals surface area (Å²) in [5.41, 5.74) is 0.